The van der Waals surface area contributed by atoms with Crippen molar-refractivity contribution in [2.45, 2.75) is 32.7 Å². The lowest BCUT2D eigenvalue weighted by molar-refractivity contribution is 0.183. The summed E-state index contributed by atoms with van der Waals surface area (Å²) in [7, 11) is 1.93. The van der Waals surface area contributed by atoms with E-state index in [9.17, 15) is 0 Å². The molecule has 0 unspecified atom stereocenters. The van der Waals surface area contributed by atoms with Gasteiger partial charge in [-0.15, -0.1) is 0 Å². The molecule has 0 radical (unpaired) electrons. The minimum Gasteiger partial charge on any atom is -0.299 e. The van der Waals surface area contributed by atoms with Crippen LogP contribution in [0.25, 0.3) is 0 Å². The Labute approximate surface area is 111 Å². The number of nitrogens with zero attached hydrogens (tertiary/aromatic N) is 2. The topological polar surface area (TPSA) is 15.6 Å². The average molecular weight is 244 g/mol. The molecule has 2 heteroatoms. The van der Waals surface area contributed by atoms with Gasteiger partial charge in [-0.2, -0.15) is 0 Å². The van der Waals surface area contributed by atoms with E-state index in [2.05, 4.69) is 54.1 Å². The van der Waals surface area contributed by atoms with E-state index < -0.39 is 0 Å². The Morgan fingerprint density at radius 3 is 2.61 bits per heavy atom. The molecule has 1 aliphatic heterocycles. The van der Waals surface area contributed by atoms with Crippen LogP contribution >= 0.6 is 0 Å². The van der Waals surface area contributed by atoms with Crippen molar-refractivity contribution < 1.29 is 0 Å². The van der Waals surface area contributed by atoms with E-state index in [1.165, 1.54) is 11.3 Å². The zero-order chi connectivity index (χ0) is 13.0. The van der Waals surface area contributed by atoms with Crippen molar-refractivity contribution in [2.24, 2.45) is 10.9 Å². The molecule has 0 bridgehead atoms. The van der Waals surface area contributed by atoms with Gasteiger partial charge in [0.1, 0.15) is 0 Å². The van der Waals surface area contributed by atoms with E-state index in [-0.39, 0.29) is 0 Å². The van der Waals surface area contributed by atoms with Gasteiger partial charge in [-0.3, -0.25) is 9.89 Å². The highest BCUT2D eigenvalue weighted by molar-refractivity contribution is 5.87. The highest BCUT2D eigenvalue weighted by atomic mass is 15.2. The largest absolute Gasteiger partial charge is 0.299 e. The monoisotopic (exact) mass is 244 g/mol. The smallest absolute Gasteiger partial charge is 0.0276 e. The van der Waals surface area contributed by atoms with Crippen molar-refractivity contribution in [3.05, 3.63) is 35.9 Å². The highest BCUT2D eigenvalue weighted by Gasteiger charge is 2.26. The summed E-state index contributed by atoms with van der Waals surface area (Å²) in [5, 5.41) is 0. The van der Waals surface area contributed by atoms with Crippen LogP contribution in [0.1, 0.15) is 25.8 Å². The van der Waals surface area contributed by atoms with Crippen LogP contribution < -0.4 is 0 Å². The molecule has 0 amide bonds. The normalized spacial score (nSPS) is 27.6. The first-order chi connectivity index (χ1) is 8.70. The van der Waals surface area contributed by atoms with Crippen LogP contribution in [0.3, 0.4) is 0 Å². The van der Waals surface area contributed by atoms with Crippen molar-refractivity contribution in [3.8, 4) is 0 Å². The van der Waals surface area contributed by atoms with E-state index >= 15 is 0 Å². The quantitative estimate of drug-likeness (QED) is 0.798. The van der Waals surface area contributed by atoms with Gasteiger partial charge in [-0.1, -0.05) is 37.3 Å². The molecule has 98 valence electrons. The Morgan fingerprint density at radius 2 is 1.94 bits per heavy atom. The molecule has 1 saturated heterocycles. The second-order valence-electron chi connectivity index (χ2n) is 5.40. The molecule has 1 heterocycles. The molecule has 1 aromatic rings. The molecule has 0 aromatic heterocycles. The molecule has 18 heavy (non-hydrogen) atoms. The van der Waals surface area contributed by atoms with Crippen LogP contribution in [0.4, 0.5) is 0 Å². The lowest BCUT2D eigenvalue weighted by atomic mass is 9.92. The molecular weight excluding hydrogens is 220 g/mol. The molecule has 0 aliphatic carbocycles. The van der Waals surface area contributed by atoms with Crippen LogP contribution in [0.15, 0.2) is 35.3 Å². The average Bonchev–Trinajstić information content (AvgIpc) is 2.40. The Morgan fingerprint density at radius 1 is 1.22 bits per heavy atom. The zero-order valence-electron chi connectivity index (χ0n) is 11.8. The van der Waals surface area contributed by atoms with E-state index in [4.69, 9.17) is 0 Å². The lowest BCUT2D eigenvalue weighted by Crippen LogP contribution is -2.46. The fourth-order valence-electron chi connectivity index (χ4n) is 2.81. The van der Waals surface area contributed by atoms with Crippen LogP contribution in [0.5, 0.6) is 0 Å². The molecule has 0 saturated carbocycles. The molecular formula is C16H24N2. The third-order valence-electron chi connectivity index (χ3n) is 4.02. The summed E-state index contributed by atoms with van der Waals surface area (Å²) >= 11 is 0. The number of rotatable bonds is 3. The van der Waals surface area contributed by atoms with Gasteiger partial charge in [0.2, 0.25) is 0 Å². The summed E-state index contributed by atoms with van der Waals surface area (Å²) in [5.41, 5.74) is 2.82. The van der Waals surface area contributed by atoms with Crippen molar-refractivity contribution in [1.29, 1.82) is 0 Å². The molecule has 2 atom stereocenters. The fourth-order valence-corrected chi connectivity index (χ4v) is 2.81. The number of hydrogen-bond donors (Lipinski definition) is 0. The SMILES string of the molecule is CN=C1C[C@@H](C)N(CCc2ccccc2)C[C@@H]1C. The summed E-state index contributed by atoms with van der Waals surface area (Å²) in [6, 6.07) is 11.4. The third kappa shape index (κ3) is 3.20. The first kappa shape index (κ1) is 13.3. The first-order valence-corrected chi connectivity index (χ1v) is 6.94. The third-order valence-corrected chi connectivity index (χ3v) is 4.02. The van der Waals surface area contributed by atoms with E-state index in [0.717, 1.165) is 25.9 Å². The van der Waals surface area contributed by atoms with Crippen molar-refractivity contribution in [1.82, 2.24) is 4.90 Å². The maximum atomic E-state index is 4.42. The Hall–Kier alpha value is -1.15. The molecule has 2 nitrogen and oxygen atoms in total. The highest BCUT2D eigenvalue weighted by Crippen LogP contribution is 2.20. The zero-order valence-corrected chi connectivity index (χ0v) is 11.8. The molecule has 2 rings (SSSR count). The number of piperidine rings is 1. The van der Waals surface area contributed by atoms with Crippen LogP contribution in [-0.2, 0) is 6.42 Å². The Kier molecular flexibility index (Phi) is 4.54. The second kappa shape index (κ2) is 6.14. The Balaban J connectivity index is 1.90. The minimum absolute atomic E-state index is 0.613. The van der Waals surface area contributed by atoms with Crippen molar-refractivity contribution in [2.75, 3.05) is 20.1 Å². The van der Waals surface area contributed by atoms with Gasteiger partial charge >= 0.3 is 0 Å². The molecule has 0 spiro atoms. The lowest BCUT2D eigenvalue weighted by Gasteiger charge is -2.37. The van der Waals surface area contributed by atoms with Gasteiger partial charge < -0.3 is 0 Å². The number of benzene rings is 1. The molecule has 0 N–H and O–H groups in total. The Bertz CT molecular complexity index is 397. The van der Waals surface area contributed by atoms with Gasteiger partial charge in [-0.05, 0) is 18.9 Å². The maximum absolute atomic E-state index is 4.42. The minimum atomic E-state index is 0.613. The first-order valence-electron chi connectivity index (χ1n) is 6.94. The van der Waals surface area contributed by atoms with Gasteiger partial charge in [0, 0.05) is 44.2 Å². The fraction of sp³-hybridized carbons (Fsp3) is 0.562. The number of hydrogen-bond acceptors (Lipinski definition) is 2. The second-order valence-corrected chi connectivity index (χ2v) is 5.40. The van der Waals surface area contributed by atoms with Crippen LogP contribution in [-0.4, -0.2) is 36.8 Å². The van der Waals surface area contributed by atoms with Crippen LogP contribution in [0, 0.1) is 5.92 Å². The predicted octanol–water partition coefficient (Wildman–Crippen LogP) is 3.03. The summed E-state index contributed by atoms with van der Waals surface area (Å²) in [5.74, 6) is 0.613. The predicted molar refractivity (Wildman–Crippen MR) is 78.3 cm³/mol. The summed E-state index contributed by atoms with van der Waals surface area (Å²) < 4.78 is 0. The van der Waals surface area contributed by atoms with Crippen molar-refractivity contribution >= 4 is 5.71 Å². The van der Waals surface area contributed by atoms with Crippen LogP contribution in [0.2, 0.25) is 0 Å². The number of aliphatic imine (C=N–C) groups is 1. The van der Waals surface area contributed by atoms with Crippen molar-refractivity contribution in [3.63, 3.8) is 0 Å². The maximum Gasteiger partial charge on any atom is 0.0276 e. The molecule has 1 fully saturated rings. The van der Waals surface area contributed by atoms with Gasteiger partial charge in [0.15, 0.2) is 0 Å². The summed E-state index contributed by atoms with van der Waals surface area (Å²) in [6.07, 6.45) is 2.28. The number of likely N-dealkylation sites (tertiary alicyclic amines) is 1. The standard InChI is InChI=1S/C16H24N2/c1-13-12-18(14(2)11-16(13)17-3)10-9-15-7-5-4-6-8-15/h4-8,13-14H,9-12H2,1-3H3/t13-,14+/m0/s1. The molecule has 1 aliphatic rings. The van der Waals surface area contributed by atoms with E-state index in [1.807, 2.05) is 7.05 Å². The van der Waals surface area contributed by atoms with Gasteiger partial charge in [-0.25, -0.2) is 0 Å². The van der Waals surface area contributed by atoms with E-state index in [0.29, 0.717) is 12.0 Å². The summed E-state index contributed by atoms with van der Waals surface area (Å²) in [6.45, 7) is 6.93. The van der Waals surface area contributed by atoms with E-state index in [1.54, 1.807) is 0 Å². The molecule has 1 aromatic carbocycles. The van der Waals surface area contributed by atoms with Gasteiger partial charge in [0.05, 0.1) is 0 Å². The van der Waals surface area contributed by atoms with Gasteiger partial charge in [0.25, 0.3) is 0 Å². The summed E-state index contributed by atoms with van der Waals surface area (Å²) in [4.78, 5) is 7.03.